The van der Waals surface area contributed by atoms with Gasteiger partial charge in [0, 0.05) is 19.6 Å². The molecule has 3 nitrogen and oxygen atoms in total. The molecule has 2 rings (SSSR count). The minimum atomic E-state index is -0.474. The Bertz CT molecular complexity index is 373. The molecule has 100 valence electrons. The van der Waals surface area contributed by atoms with Gasteiger partial charge in [0.05, 0.1) is 5.60 Å². The van der Waals surface area contributed by atoms with Crippen molar-refractivity contribution >= 4 is 0 Å². The maximum Gasteiger partial charge on any atom is 0.0632 e. The molecule has 0 spiro atoms. The minimum absolute atomic E-state index is 0.474. The van der Waals surface area contributed by atoms with Crippen molar-refractivity contribution in [3.05, 3.63) is 35.4 Å². The normalized spacial score (nSPS) is 25.9. The van der Waals surface area contributed by atoms with Crippen LogP contribution in [0, 0.1) is 0 Å². The monoisotopic (exact) mass is 248 g/mol. The summed E-state index contributed by atoms with van der Waals surface area (Å²) in [5.74, 6) is 0. The Kier molecular flexibility index (Phi) is 4.38. The summed E-state index contributed by atoms with van der Waals surface area (Å²) in [6, 6.07) is 8.52. The minimum Gasteiger partial charge on any atom is -0.390 e. The lowest BCUT2D eigenvalue weighted by Crippen LogP contribution is -2.28. The highest BCUT2D eigenvalue weighted by atomic mass is 16.3. The summed E-state index contributed by atoms with van der Waals surface area (Å²) >= 11 is 0. The highest BCUT2D eigenvalue weighted by Gasteiger charge is 2.24. The number of rotatable bonds is 3. The van der Waals surface area contributed by atoms with E-state index in [9.17, 15) is 5.11 Å². The van der Waals surface area contributed by atoms with Crippen molar-refractivity contribution in [2.45, 2.75) is 44.9 Å². The summed E-state index contributed by atoms with van der Waals surface area (Å²) in [5, 5.41) is 10.1. The zero-order chi connectivity index (χ0) is 13.0. The van der Waals surface area contributed by atoms with Crippen LogP contribution in [-0.2, 0) is 13.1 Å². The summed E-state index contributed by atoms with van der Waals surface area (Å²) in [5.41, 5.74) is 7.63. The van der Waals surface area contributed by atoms with E-state index in [1.54, 1.807) is 0 Å². The first kappa shape index (κ1) is 13.5. The van der Waals surface area contributed by atoms with Crippen LogP contribution in [0.1, 0.15) is 37.3 Å². The first-order chi connectivity index (χ1) is 8.59. The zero-order valence-corrected chi connectivity index (χ0v) is 11.2. The maximum atomic E-state index is 10.1. The van der Waals surface area contributed by atoms with E-state index in [4.69, 9.17) is 5.73 Å². The summed E-state index contributed by atoms with van der Waals surface area (Å²) in [6.45, 7) is 5.58. The summed E-state index contributed by atoms with van der Waals surface area (Å²) in [4.78, 5) is 2.43. The Morgan fingerprint density at radius 1 is 1.17 bits per heavy atom. The number of hydrogen-bond donors (Lipinski definition) is 2. The highest BCUT2D eigenvalue weighted by Crippen LogP contribution is 2.22. The van der Waals surface area contributed by atoms with Crippen molar-refractivity contribution in [3.8, 4) is 0 Å². The number of likely N-dealkylation sites (tertiary alicyclic amines) is 1. The molecule has 1 unspecified atom stereocenters. The van der Waals surface area contributed by atoms with Gasteiger partial charge in [0.15, 0.2) is 0 Å². The molecule has 0 amide bonds. The van der Waals surface area contributed by atoms with E-state index in [1.165, 1.54) is 11.1 Å². The van der Waals surface area contributed by atoms with Crippen LogP contribution < -0.4 is 5.73 Å². The molecule has 0 saturated carbocycles. The third-order valence-electron chi connectivity index (χ3n) is 3.82. The van der Waals surface area contributed by atoms with Crippen molar-refractivity contribution in [1.29, 1.82) is 0 Å². The Morgan fingerprint density at radius 2 is 1.83 bits per heavy atom. The Labute approximate surface area is 110 Å². The molecule has 3 N–H and O–H groups in total. The summed E-state index contributed by atoms with van der Waals surface area (Å²) in [7, 11) is 0. The van der Waals surface area contributed by atoms with E-state index in [0.717, 1.165) is 38.9 Å². The molecule has 18 heavy (non-hydrogen) atoms. The van der Waals surface area contributed by atoms with Crippen LogP contribution >= 0.6 is 0 Å². The standard InChI is InChI=1S/C15H24N2O/c1-15(18)7-2-9-17(10-8-15)12-14-5-3-13(11-16)4-6-14/h3-6,18H,2,7-12,16H2,1H3. The highest BCUT2D eigenvalue weighted by molar-refractivity contribution is 5.22. The lowest BCUT2D eigenvalue weighted by atomic mass is 9.98. The Balaban J connectivity index is 1.92. The molecule has 1 aliphatic rings. The van der Waals surface area contributed by atoms with E-state index < -0.39 is 5.60 Å². The van der Waals surface area contributed by atoms with Crippen LogP contribution in [0.3, 0.4) is 0 Å². The van der Waals surface area contributed by atoms with Crippen molar-refractivity contribution in [2.75, 3.05) is 13.1 Å². The molecule has 1 aromatic rings. The van der Waals surface area contributed by atoms with Gasteiger partial charge in [-0.2, -0.15) is 0 Å². The lowest BCUT2D eigenvalue weighted by molar-refractivity contribution is 0.0444. The van der Waals surface area contributed by atoms with Gasteiger partial charge in [-0.3, -0.25) is 4.90 Å². The van der Waals surface area contributed by atoms with Crippen LogP contribution in [0.25, 0.3) is 0 Å². The fourth-order valence-corrected chi connectivity index (χ4v) is 2.52. The molecule has 3 heteroatoms. The number of nitrogens with two attached hydrogens (primary N) is 1. The predicted molar refractivity (Wildman–Crippen MR) is 74.1 cm³/mol. The fourth-order valence-electron chi connectivity index (χ4n) is 2.52. The molecule has 0 radical (unpaired) electrons. The van der Waals surface area contributed by atoms with Crippen molar-refractivity contribution in [3.63, 3.8) is 0 Å². The summed E-state index contributed by atoms with van der Waals surface area (Å²) < 4.78 is 0. The van der Waals surface area contributed by atoms with Crippen molar-refractivity contribution < 1.29 is 5.11 Å². The molecule has 1 fully saturated rings. The second-order valence-electron chi connectivity index (χ2n) is 5.65. The second-order valence-corrected chi connectivity index (χ2v) is 5.65. The average Bonchev–Trinajstić information content (AvgIpc) is 2.52. The van der Waals surface area contributed by atoms with Crippen LogP contribution in [0.15, 0.2) is 24.3 Å². The molecule has 1 aliphatic heterocycles. The third kappa shape index (κ3) is 3.80. The van der Waals surface area contributed by atoms with Gasteiger partial charge in [-0.1, -0.05) is 24.3 Å². The van der Waals surface area contributed by atoms with E-state index in [1.807, 2.05) is 6.92 Å². The van der Waals surface area contributed by atoms with Crippen LogP contribution in [0.2, 0.25) is 0 Å². The first-order valence-corrected chi connectivity index (χ1v) is 6.82. The topological polar surface area (TPSA) is 49.5 Å². The van der Waals surface area contributed by atoms with E-state index in [0.29, 0.717) is 6.54 Å². The van der Waals surface area contributed by atoms with Gasteiger partial charge in [0.2, 0.25) is 0 Å². The molecule has 0 aliphatic carbocycles. The Morgan fingerprint density at radius 3 is 2.50 bits per heavy atom. The van der Waals surface area contributed by atoms with Gasteiger partial charge in [0.1, 0.15) is 0 Å². The zero-order valence-electron chi connectivity index (χ0n) is 11.2. The molecule has 1 heterocycles. The van der Waals surface area contributed by atoms with Gasteiger partial charge in [-0.05, 0) is 43.9 Å². The molecular formula is C15H24N2O. The number of nitrogens with zero attached hydrogens (tertiary/aromatic N) is 1. The van der Waals surface area contributed by atoms with E-state index in [-0.39, 0.29) is 0 Å². The van der Waals surface area contributed by atoms with Gasteiger partial charge in [0.25, 0.3) is 0 Å². The molecule has 1 atom stereocenters. The summed E-state index contributed by atoms with van der Waals surface area (Å²) in [6.07, 6.45) is 2.86. The van der Waals surface area contributed by atoms with Gasteiger partial charge in [-0.25, -0.2) is 0 Å². The van der Waals surface area contributed by atoms with Gasteiger partial charge >= 0.3 is 0 Å². The molecule has 0 aromatic heterocycles. The fraction of sp³-hybridized carbons (Fsp3) is 0.600. The van der Waals surface area contributed by atoms with Crippen molar-refractivity contribution in [1.82, 2.24) is 4.90 Å². The molecule has 0 bridgehead atoms. The molecule has 1 saturated heterocycles. The average molecular weight is 248 g/mol. The van der Waals surface area contributed by atoms with Crippen molar-refractivity contribution in [2.24, 2.45) is 5.73 Å². The number of hydrogen-bond acceptors (Lipinski definition) is 3. The molecule has 1 aromatic carbocycles. The van der Waals surface area contributed by atoms with Crippen LogP contribution in [0.5, 0.6) is 0 Å². The second kappa shape index (κ2) is 5.83. The van der Waals surface area contributed by atoms with E-state index in [2.05, 4.69) is 29.2 Å². The van der Waals surface area contributed by atoms with Gasteiger partial charge < -0.3 is 10.8 Å². The quantitative estimate of drug-likeness (QED) is 0.858. The maximum absolute atomic E-state index is 10.1. The van der Waals surface area contributed by atoms with Gasteiger partial charge in [-0.15, -0.1) is 0 Å². The van der Waals surface area contributed by atoms with Crippen LogP contribution in [0.4, 0.5) is 0 Å². The predicted octanol–water partition coefficient (Wildman–Crippen LogP) is 1.88. The first-order valence-electron chi connectivity index (χ1n) is 6.82. The lowest BCUT2D eigenvalue weighted by Gasteiger charge is -2.22. The SMILES string of the molecule is CC1(O)CCCN(Cc2ccc(CN)cc2)CC1. The largest absolute Gasteiger partial charge is 0.390 e. The van der Waals surface area contributed by atoms with E-state index >= 15 is 0 Å². The number of aliphatic hydroxyl groups is 1. The smallest absolute Gasteiger partial charge is 0.0632 e. The number of benzene rings is 1. The Hall–Kier alpha value is -0.900. The van der Waals surface area contributed by atoms with Crippen LogP contribution in [-0.4, -0.2) is 28.7 Å². The third-order valence-corrected chi connectivity index (χ3v) is 3.82. The molecular weight excluding hydrogens is 224 g/mol.